The third-order valence-electron chi connectivity index (χ3n) is 5.79. The first-order valence-corrected chi connectivity index (χ1v) is 8.97. The van der Waals surface area contributed by atoms with Gasteiger partial charge < -0.3 is 5.11 Å². The Bertz CT molecular complexity index is 285. The van der Waals surface area contributed by atoms with Gasteiger partial charge in [0.2, 0.25) is 0 Å². The molecule has 2 aliphatic heterocycles. The number of hydrogen-bond acceptors (Lipinski definition) is 3. The lowest BCUT2D eigenvalue weighted by molar-refractivity contribution is 0.0513. The molecular formula is C17H32N2O. The average Bonchev–Trinajstić information content (AvgIpc) is 2.97. The number of aliphatic hydroxyl groups excluding tert-OH is 1. The fraction of sp³-hybridized carbons (Fsp3) is 1.00. The molecule has 1 aliphatic carbocycles. The number of rotatable bonds is 4. The van der Waals surface area contributed by atoms with Crippen LogP contribution in [0.2, 0.25) is 0 Å². The minimum atomic E-state index is -0.0737. The normalized spacial score (nSPS) is 32.5. The van der Waals surface area contributed by atoms with Crippen LogP contribution in [0.4, 0.5) is 0 Å². The van der Waals surface area contributed by atoms with Gasteiger partial charge in [-0.2, -0.15) is 0 Å². The largest absolute Gasteiger partial charge is 0.392 e. The quantitative estimate of drug-likeness (QED) is 0.857. The van der Waals surface area contributed by atoms with Crippen LogP contribution in [0.5, 0.6) is 0 Å². The molecule has 3 aliphatic rings. The van der Waals surface area contributed by atoms with Crippen LogP contribution in [-0.2, 0) is 0 Å². The Balaban J connectivity index is 1.42. The molecule has 0 aromatic rings. The van der Waals surface area contributed by atoms with Gasteiger partial charge in [-0.1, -0.05) is 25.7 Å². The SMILES string of the molecule is OC(CN1CCC(N2CCCCC2)C1)C1CCCCC1. The van der Waals surface area contributed by atoms with E-state index in [0.717, 1.165) is 12.6 Å². The third-order valence-corrected chi connectivity index (χ3v) is 5.79. The molecule has 3 heteroatoms. The lowest BCUT2D eigenvalue weighted by Crippen LogP contribution is -2.42. The lowest BCUT2D eigenvalue weighted by Gasteiger charge is -2.33. The maximum Gasteiger partial charge on any atom is 0.0695 e. The van der Waals surface area contributed by atoms with Gasteiger partial charge in [0.1, 0.15) is 0 Å². The van der Waals surface area contributed by atoms with E-state index in [1.54, 1.807) is 0 Å². The highest BCUT2D eigenvalue weighted by molar-refractivity contribution is 4.87. The minimum Gasteiger partial charge on any atom is -0.392 e. The molecule has 0 radical (unpaired) electrons. The van der Waals surface area contributed by atoms with E-state index in [0.29, 0.717) is 5.92 Å². The summed E-state index contributed by atoms with van der Waals surface area (Å²) in [7, 11) is 0. The van der Waals surface area contributed by atoms with E-state index in [1.165, 1.54) is 84.0 Å². The van der Waals surface area contributed by atoms with Gasteiger partial charge in [-0.05, 0) is 57.7 Å². The lowest BCUT2D eigenvalue weighted by atomic mass is 9.85. The van der Waals surface area contributed by atoms with E-state index in [9.17, 15) is 5.11 Å². The zero-order valence-electron chi connectivity index (χ0n) is 13.0. The first-order valence-electron chi connectivity index (χ1n) is 8.97. The van der Waals surface area contributed by atoms with Gasteiger partial charge in [0.05, 0.1) is 6.10 Å². The van der Waals surface area contributed by atoms with Crippen molar-refractivity contribution in [2.75, 3.05) is 32.7 Å². The summed E-state index contributed by atoms with van der Waals surface area (Å²) in [6.45, 7) is 5.94. The molecule has 0 spiro atoms. The Morgan fingerprint density at radius 2 is 1.55 bits per heavy atom. The summed E-state index contributed by atoms with van der Waals surface area (Å²) in [5, 5.41) is 10.5. The Labute approximate surface area is 124 Å². The van der Waals surface area contributed by atoms with E-state index in [-0.39, 0.29) is 6.10 Å². The molecule has 2 heterocycles. The van der Waals surface area contributed by atoms with Gasteiger partial charge in [0.15, 0.2) is 0 Å². The molecule has 20 heavy (non-hydrogen) atoms. The van der Waals surface area contributed by atoms with E-state index in [4.69, 9.17) is 0 Å². The number of hydrogen-bond donors (Lipinski definition) is 1. The predicted molar refractivity (Wildman–Crippen MR) is 82.9 cm³/mol. The maximum absolute atomic E-state index is 10.5. The molecule has 3 nitrogen and oxygen atoms in total. The monoisotopic (exact) mass is 280 g/mol. The van der Waals surface area contributed by atoms with E-state index >= 15 is 0 Å². The van der Waals surface area contributed by atoms with Crippen LogP contribution < -0.4 is 0 Å². The number of β-amino-alcohol motifs (C(OH)–C–C–N with tert-alkyl or cyclic N) is 1. The topological polar surface area (TPSA) is 26.7 Å². The second-order valence-electron chi connectivity index (χ2n) is 7.26. The second-order valence-corrected chi connectivity index (χ2v) is 7.26. The van der Waals surface area contributed by atoms with Gasteiger partial charge in [-0.25, -0.2) is 0 Å². The highest BCUT2D eigenvalue weighted by Crippen LogP contribution is 2.28. The molecule has 0 aromatic heterocycles. The number of piperidine rings is 1. The van der Waals surface area contributed by atoms with E-state index in [1.807, 2.05) is 0 Å². The summed E-state index contributed by atoms with van der Waals surface area (Å²) in [5.74, 6) is 0.581. The number of aliphatic hydroxyl groups is 1. The standard InChI is InChI=1S/C17H32N2O/c20-17(15-7-3-1-4-8-15)14-18-12-9-16(13-18)19-10-5-2-6-11-19/h15-17,20H,1-14H2. The fourth-order valence-corrected chi connectivity index (χ4v) is 4.49. The summed E-state index contributed by atoms with van der Waals surface area (Å²) in [5.41, 5.74) is 0. The minimum absolute atomic E-state index is 0.0737. The highest BCUT2D eigenvalue weighted by atomic mass is 16.3. The number of likely N-dealkylation sites (tertiary alicyclic amines) is 2. The van der Waals surface area contributed by atoms with Crippen molar-refractivity contribution < 1.29 is 5.11 Å². The molecule has 2 saturated heterocycles. The first kappa shape index (κ1) is 14.8. The zero-order chi connectivity index (χ0) is 13.8. The third kappa shape index (κ3) is 3.75. The Kier molecular flexibility index (Phi) is 5.36. The maximum atomic E-state index is 10.5. The van der Waals surface area contributed by atoms with Crippen molar-refractivity contribution in [3.8, 4) is 0 Å². The summed E-state index contributed by atoms with van der Waals surface area (Å²) in [6, 6.07) is 0.772. The van der Waals surface area contributed by atoms with Crippen LogP contribution >= 0.6 is 0 Å². The second kappa shape index (κ2) is 7.24. The summed E-state index contributed by atoms with van der Waals surface area (Å²) >= 11 is 0. The van der Waals surface area contributed by atoms with Crippen molar-refractivity contribution in [2.24, 2.45) is 5.92 Å². The van der Waals surface area contributed by atoms with Gasteiger partial charge in [-0.3, -0.25) is 9.80 Å². The Morgan fingerprint density at radius 1 is 0.850 bits per heavy atom. The Morgan fingerprint density at radius 3 is 2.30 bits per heavy atom. The van der Waals surface area contributed by atoms with Crippen LogP contribution in [0.25, 0.3) is 0 Å². The van der Waals surface area contributed by atoms with Crippen LogP contribution in [0.15, 0.2) is 0 Å². The predicted octanol–water partition coefficient (Wildman–Crippen LogP) is 2.49. The molecule has 3 rings (SSSR count). The van der Waals surface area contributed by atoms with Crippen molar-refractivity contribution in [3.05, 3.63) is 0 Å². The van der Waals surface area contributed by atoms with Crippen molar-refractivity contribution in [2.45, 2.75) is 69.9 Å². The van der Waals surface area contributed by atoms with Crippen molar-refractivity contribution >= 4 is 0 Å². The summed E-state index contributed by atoms with van der Waals surface area (Å²) in [6.07, 6.45) is 12.0. The van der Waals surface area contributed by atoms with Gasteiger partial charge in [-0.15, -0.1) is 0 Å². The highest BCUT2D eigenvalue weighted by Gasteiger charge is 2.31. The molecule has 1 N–H and O–H groups in total. The van der Waals surface area contributed by atoms with Crippen LogP contribution in [0.3, 0.4) is 0 Å². The summed E-state index contributed by atoms with van der Waals surface area (Å²) in [4.78, 5) is 5.23. The fourth-order valence-electron chi connectivity index (χ4n) is 4.49. The molecule has 1 saturated carbocycles. The molecule has 3 fully saturated rings. The zero-order valence-corrected chi connectivity index (χ0v) is 13.0. The molecular weight excluding hydrogens is 248 g/mol. The van der Waals surface area contributed by atoms with Crippen molar-refractivity contribution in [1.82, 2.24) is 9.80 Å². The molecule has 2 unspecified atom stereocenters. The average molecular weight is 280 g/mol. The van der Waals surface area contributed by atoms with Crippen LogP contribution in [0, 0.1) is 5.92 Å². The molecule has 0 amide bonds. The summed E-state index contributed by atoms with van der Waals surface area (Å²) < 4.78 is 0. The smallest absolute Gasteiger partial charge is 0.0695 e. The molecule has 0 aromatic carbocycles. The van der Waals surface area contributed by atoms with Crippen LogP contribution in [0.1, 0.15) is 57.8 Å². The van der Waals surface area contributed by atoms with Gasteiger partial charge in [0.25, 0.3) is 0 Å². The van der Waals surface area contributed by atoms with E-state index in [2.05, 4.69) is 9.80 Å². The van der Waals surface area contributed by atoms with Crippen LogP contribution in [-0.4, -0.2) is 59.8 Å². The van der Waals surface area contributed by atoms with Crippen molar-refractivity contribution in [3.63, 3.8) is 0 Å². The molecule has 0 bridgehead atoms. The first-order chi connectivity index (χ1) is 9.83. The van der Waals surface area contributed by atoms with Gasteiger partial charge >= 0.3 is 0 Å². The van der Waals surface area contributed by atoms with E-state index < -0.39 is 0 Å². The van der Waals surface area contributed by atoms with Gasteiger partial charge in [0, 0.05) is 19.1 Å². The molecule has 116 valence electrons. The molecule has 2 atom stereocenters. The Hall–Kier alpha value is -0.120. The number of nitrogens with zero attached hydrogens (tertiary/aromatic N) is 2. The van der Waals surface area contributed by atoms with Crippen molar-refractivity contribution in [1.29, 1.82) is 0 Å².